The molecule has 1 saturated heterocycles. The van der Waals surface area contributed by atoms with Gasteiger partial charge in [-0.25, -0.2) is 4.79 Å². The number of benzene rings is 1. The second kappa shape index (κ2) is 8.84. The zero-order valence-corrected chi connectivity index (χ0v) is 17.9. The number of hydrogen-bond donors (Lipinski definition) is 3. The highest BCUT2D eigenvalue weighted by molar-refractivity contribution is 8.00. The zero-order valence-electron chi connectivity index (χ0n) is 15.6. The van der Waals surface area contributed by atoms with Gasteiger partial charge in [0.25, 0.3) is 5.91 Å². The van der Waals surface area contributed by atoms with Crippen molar-refractivity contribution in [2.45, 2.75) is 24.4 Å². The normalized spacial score (nSPS) is 21.5. The summed E-state index contributed by atoms with van der Waals surface area (Å²) < 4.78 is 4.88. The molecule has 3 atom stereocenters. The van der Waals surface area contributed by atoms with Gasteiger partial charge in [-0.1, -0.05) is 29.3 Å². The van der Waals surface area contributed by atoms with Crippen molar-refractivity contribution in [2.75, 3.05) is 12.4 Å². The Morgan fingerprint density at radius 1 is 1.37 bits per heavy atom. The van der Waals surface area contributed by atoms with Crippen LogP contribution in [0.1, 0.15) is 18.5 Å². The molecule has 12 heteroatoms. The Morgan fingerprint density at radius 3 is 2.67 bits per heavy atom. The van der Waals surface area contributed by atoms with E-state index in [1.807, 2.05) is 0 Å². The SMILES string of the molecule is CC(=O)OCC1=C(C(=O)O)N2C(=O)[C@@H](NC(=O)C(N)c3ccc(Cl)c(Cl)c3)[C@H]2SC1. The lowest BCUT2D eigenvalue weighted by molar-refractivity contribution is -0.151. The molecule has 0 bridgehead atoms. The molecule has 1 unspecified atom stereocenters. The average Bonchev–Trinajstić information content (AvgIpc) is 2.70. The predicted molar refractivity (Wildman–Crippen MR) is 110 cm³/mol. The second-order valence-corrected chi connectivity index (χ2v) is 8.50. The summed E-state index contributed by atoms with van der Waals surface area (Å²) in [6, 6.07) is 2.50. The van der Waals surface area contributed by atoms with Crippen LogP contribution in [0.2, 0.25) is 10.0 Å². The lowest BCUT2D eigenvalue weighted by atomic mass is 10.0. The van der Waals surface area contributed by atoms with Gasteiger partial charge in [0.1, 0.15) is 29.8 Å². The van der Waals surface area contributed by atoms with Crippen LogP contribution in [0.3, 0.4) is 0 Å². The van der Waals surface area contributed by atoms with Crippen LogP contribution < -0.4 is 11.1 Å². The molecule has 160 valence electrons. The summed E-state index contributed by atoms with van der Waals surface area (Å²) >= 11 is 13.1. The van der Waals surface area contributed by atoms with Crippen molar-refractivity contribution in [3.8, 4) is 0 Å². The number of ether oxygens (including phenoxy) is 1. The number of β-lactam (4-membered cyclic amide) rings is 1. The molecule has 3 rings (SSSR count). The van der Waals surface area contributed by atoms with Gasteiger partial charge < -0.3 is 20.9 Å². The molecule has 2 amide bonds. The number of nitrogens with one attached hydrogen (secondary N) is 1. The van der Waals surface area contributed by atoms with E-state index in [0.717, 1.165) is 4.90 Å². The van der Waals surface area contributed by atoms with E-state index < -0.39 is 41.2 Å². The summed E-state index contributed by atoms with van der Waals surface area (Å²) in [6.45, 7) is 0.983. The number of carboxylic acids is 1. The number of hydrogen-bond acceptors (Lipinski definition) is 7. The van der Waals surface area contributed by atoms with Gasteiger partial charge in [0.2, 0.25) is 5.91 Å². The number of carboxylic acid groups (broad SMARTS) is 1. The summed E-state index contributed by atoms with van der Waals surface area (Å²) in [7, 11) is 0. The second-order valence-electron chi connectivity index (χ2n) is 6.58. The summed E-state index contributed by atoms with van der Waals surface area (Å²) in [6.07, 6.45) is 0. The third-order valence-electron chi connectivity index (χ3n) is 4.58. The number of aliphatic carboxylic acids is 1. The molecular formula is C18H17Cl2N3O6S. The van der Waals surface area contributed by atoms with Gasteiger partial charge in [-0.15, -0.1) is 11.8 Å². The van der Waals surface area contributed by atoms with Crippen LogP contribution in [0.5, 0.6) is 0 Å². The van der Waals surface area contributed by atoms with Gasteiger partial charge in [0.05, 0.1) is 10.0 Å². The molecule has 4 N–H and O–H groups in total. The Hall–Kier alpha value is -2.27. The van der Waals surface area contributed by atoms with Gasteiger partial charge in [0, 0.05) is 18.2 Å². The van der Waals surface area contributed by atoms with E-state index in [1.165, 1.54) is 30.8 Å². The fourth-order valence-corrected chi connectivity index (χ4v) is 4.72. The Bertz CT molecular complexity index is 969. The maximum Gasteiger partial charge on any atom is 0.352 e. The first-order chi connectivity index (χ1) is 14.1. The van der Waals surface area contributed by atoms with E-state index in [0.29, 0.717) is 16.2 Å². The van der Waals surface area contributed by atoms with Crippen molar-refractivity contribution < 1.29 is 29.0 Å². The highest BCUT2D eigenvalue weighted by Crippen LogP contribution is 2.40. The first kappa shape index (κ1) is 22.4. The van der Waals surface area contributed by atoms with Crippen molar-refractivity contribution in [1.29, 1.82) is 0 Å². The fraction of sp³-hybridized carbons (Fsp3) is 0.333. The minimum atomic E-state index is -1.31. The van der Waals surface area contributed by atoms with Crippen molar-refractivity contribution >= 4 is 58.7 Å². The fourth-order valence-electron chi connectivity index (χ4n) is 3.08. The monoisotopic (exact) mass is 473 g/mol. The molecule has 0 spiro atoms. The molecule has 0 aromatic heterocycles. The maximum absolute atomic E-state index is 12.6. The summed E-state index contributed by atoms with van der Waals surface area (Å²) in [4.78, 5) is 49.0. The number of halogens is 2. The van der Waals surface area contributed by atoms with Gasteiger partial charge in [0.15, 0.2) is 0 Å². The number of nitrogens with two attached hydrogens (primary N) is 1. The molecule has 2 aliphatic rings. The van der Waals surface area contributed by atoms with Crippen LogP contribution in [-0.4, -0.2) is 57.5 Å². The van der Waals surface area contributed by atoms with E-state index >= 15 is 0 Å². The highest BCUT2D eigenvalue weighted by atomic mass is 35.5. The predicted octanol–water partition coefficient (Wildman–Crippen LogP) is 1.29. The topological polar surface area (TPSA) is 139 Å². The lowest BCUT2D eigenvalue weighted by Crippen LogP contribution is -2.71. The van der Waals surface area contributed by atoms with Gasteiger partial charge in [-0.05, 0) is 17.7 Å². The third kappa shape index (κ3) is 4.27. The van der Waals surface area contributed by atoms with Crippen LogP contribution in [-0.2, 0) is 23.9 Å². The number of fused-ring (bicyclic) bond motifs is 1. The largest absolute Gasteiger partial charge is 0.477 e. The summed E-state index contributed by atoms with van der Waals surface area (Å²) in [5, 5.41) is 12.1. The van der Waals surface area contributed by atoms with Crippen molar-refractivity contribution in [3.05, 3.63) is 45.1 Å². The zero-order chi connectivity index (χ0) is 22.2. The number of amides is 2. The maximum atomic E-state index is 12.6. The molecule has 0 aliphatic carbocycles. The van der Waals surface area contributed by atoms with Crippen molar-refractivity contribution in [3.63, 3.8) is 0 Å². The lowest BCUT2D eigenvalue weighted by Gasteiger charge is -2.49. The van der Waals surface area contributed by atoms with Crippen LogP contribution in [0.4, 0.5) is 0 Å². The average molecular weight is 474 g/mol. The summed E-state index contributed by atoms with van der Waals surface area (Å²) in [5.41, 5.74) is 6.46. The molecule has 9 nitrogen and oxygen atoms in total. The van der Waals surface area contributed by atoms with Crippen LogP contribution in [0, 0.1) is 0 Å². The van der Waals surface area contributed by atoms with E-state index in [4.69, 9.17) is 33.7 Å². The minimum Gasteiger partial charge on any atom is -0.477 e. The van der Waals surface area contributed by atoms with Crippen molar-refractivity contribution in [2.24, 2.45) is 5.73 Å². The molecule has 1 aromatic rings. The molecule has 0 saturated carbocycles. The Kier molecular flexibility index (Phi) is 6.61. The molecular weight excluding hydrogens is 457 g/mol. The molecule has 1 aromatic carbocycles. The molecule has 0 radical (unpaired) electrons. The van der Waals surface area contributed by atoms with E-state index in [2.05, 4.69) is 5.32 Å². The smallest absolute Gasteiger partial charge is 0.352 e. The van der Waals surface area contributed by atoms with Crippen molar-refractivity contribution in [1.82, 2.24) is 10.2 Å². The molecule has 2 aliphatic heterocycles. The van der Waals surface area contributed by atoms with E-state index in [9.17, 15) is 24.3 Å². The first-order valence-electron chi connectivity index (χ1n) is 8.66. The highest BCUT2D eigenvalue weighted by Gasteiger charge is 2.54. The Labute approximate surface area is 185 Å². The number of nitrogens with zero attached hydrogens (tertiary/aromatic N) is 1. The van der Waals surface area contributed by atoms with Gasteiger partial charge in [-0.2, -0.15) is 0 Å². The van der Waals surface area contributed by atoms with E-state index in [-0.39, 0.29) is 23.1 Å². The minimum absolute atomic E-state index is 0.223. The molecule has 1 fully saturated rings. The third-order valence-corrected chi connectivity index (χ3v) is 6.66. The number of esters is 1. The van der Waals surface area contributed by atoms with Crippen LogP contribution >= 0.6 is 35.0 Å². The van der Waals surface area contributed by atoms with Gasteiger partial charge >= 0.3 is 11.9 Å². The van der Waals surface area contributed by atoms with Gasteiger partial charge in [-0.3, -0.25) is 19.3 Å². The quantitative estimate of drug-likeness (QED) is 0.414. The van der Waals surface area contributed by atoms with Crippen LogP contribution in [0.15, 0.2) is 29.5 Å². The standard InChI is InChI=1S/C18H17Cl2N3O6S/c1-7(24)29-5-9-6-30-17-13(16(26)23(17)14(9)18(27)28)22-15(25)12(21)8-2-3-10(19)11(20)4-8/h2-4,12-13,17H,5-6,21H2,1H3,(H,22,25)(H,27,28)/t12?,13-,17-/m1/s1. The Morgan fingerprint density at radius 2 is 2.07 bits per heavy atom. The number of rotatable bonds is 6. The van der Waals surface area contributed by atoms with E-state index in [1.54, 1.807) is 6.07 Å². The summed E-state index contributed by atoms with van der Waals surface area (Å²) in [5.74, 6) is -2.84. The Balaban J connectivity index is 1.72. The molecule has 30 heavy (non-hydrogen) atoms. The van der Waals surface area contributed by atoms with Crippen LogP contribution in [0.25, 0.3) is 0 Å². The number of carbonyl (C=O) groups excluding carboxylic acids is 3. The first-order valence-corrected chi connectivity index (χ1v) is 10.5. The molecule has 2 heterocycles. The number of thioether (sulfide) groups is 1. The number of carbonyl (C=O) groups is 4.